The summed E-state index contributed by atoms with van der Waals surface area (Å²) in [4.78, 5) is 14.7. The molecule has 0 unspecified atom stereocenters. The van der Waals surface area contributed by atoms with Crippen LogP contribution in [0.1, 0.15) is 33.9 Å². The molecule has 1 amide bonds. The molecule has 0 radical (unpaired) electrons. The van der Waals surface area contributed by atoms with Crippen LogP contribution in [0.4, 0.5) is 0 Å². The minimum absolute atomic E-state index is 0.255. The van der Waals surface area contributed by atoms with E-state index in [4.69, 9.17) is 9.15 Å². The minimum atomic E-state index is -0.671. The summed E-state index contributed by atoms with van der Waals surface area (Å²) in [5, 5.41) is 12.7. The van der Waals surface area contributed by atoms with Crippen molar-refractivity contribution in [2.75, 3.05) is 19.8 Å². The average molecular weight is 356 g/mol. The Labute approximate surface area is 152 Å². The number of rotatable bonds is 4. The van der Waals surface area contributed by atoms with E-state index in [1.165, 1.54) is 11.1 Å². The quantitative estimate of drug-likeness (QED) is 0.872. The summed E-state index contributed by atoms with van der Waals surface area (Å²) in [5.74, 6) is 0.782. The van der Waals surface area contributed by atoms with Crippen molar-refractivity contribution in [3.63, 3.8) is 0 Å². The number of furan rings is 1. The van der Waals surface area contributed by atoms with Gasteiger partial charge in [0.1, 0.15) is 5.76 Å². The zero-order valence-electron chi connectivity index (χ0n) is 14.7. The van der Waals surface area contributed by atoms with Gasteiger partial charge in [-0.05, 0) is 36.1 Å². The molecule has 26 heavy (non-hydrogen) atoms. The van der Waals surface area contributed by atoms with Gasteiger partial charge in [0.05, 0.1) is 25.3 Å². The van der Waals surface area contributed by atoms with Crippen molar-refractivity contribution >= 4 is 5.91 Å². The van der Waals surface area contributed by atoms with Gasteiger partial charge in [-0.25, -0.2) is 0 Å². The van der Waals surface area contributed by atoms with Gasteiger partial charge < -0.3 is 19.6 Å². The molecule has 3 heterocycles. The number of aliphatic hydroxyl groups is 1. The highest BCUT2D eigenvalue weighted by Gasteiger charge is 2.26. The van der Waals surface area contributed by atoms with Crippen LogP contribution in [-0.2, 0) is 24.2 Å². The summed E-state index contributed by atoms with van der Waals surface area (Å²) in [6, 6.07) is 11.8. The van der Waals surface area contributed by atoms with E-state index in [1.807, 2.05) is 6.07 Å². The molecular formula is C20H24N2O4. The fourth-order valence-corrected chi connectivity index (χ4v) is 3.63. The van der Waals surface area contributed by atoms with Crippen LogP contribution in [0.2, 0.25) is 0 Å². The van der Waals surface area contributed by atoms with Crippen LogP contribution >= 0.6 is 0 Å². The van der Waals surface area contributed by atoms with Gasteiger partial charge in [-0.3, -0.25) is 9.69 Å². The maximum Gasteiger partial charge on any atom is 0.287 e. The van der Waals surface area contributed by atoms with Crippen molar-refractivity contribution < 1.29 is 19.1 Å². The number of fused-ring (bicyclic) bond motifs is 1. The molecule has 138 valence electrons. The number of nitrogens with zero attached hydrogens (tertiary/aromatic N) is 1. The Balaban J connectivity index is 1.35. The number of hydrogen-bond acceptors (Lipinski definition) is 5. The van der Waals surface area contributed by atoms with Gasteiger partial charge in [-0.15, -0.1) is 0 Å². The first-order valence-electron chi connectivity index (χ1n) is 9.13. The summed E-state index contributed by atoms with van der Waals surface area (Å²) in [7, 11) is 0. The Bertz CT molecular complexity index is 773. The maximum absolute atomic E-state index is 12.4. The average Bonchev–Trinajstić information content (AvgIpc) is 3.12. The number of benzene rings is 1. The van der Waals surface area contributed by atoms with Crippen molar-refractivity contribution in [3.8, 4) is 0 Å². The Kier molecular flexibility index (Phi) is 5.06. The van der Waals surface area contributed by atoms with E-state index in [2.05, 4.69) is 34.5 Å². The summed E-state index contributed by atoms with van der Waals surface area (Å²) in [5.41, 5.74) is 2.77. The Morgan fingerprint density at radius 1 is 1.23 bits per heavy atom. The summed E-state index contributed by atoms with van der Waals surface area (Å²) >= 11 is 0. The molecule has 2 aliphatic heterocycles. The smallest absolute Gasteiger partial charge is 0.287 e. The van der Waals surface area contributed by atoms with Crippen molar-refractivity contribution in [1.29, 1.82) is 0 Å². The Morgan fingerprint density at radius 2 is 2.08 bits per heavy atom. The fraction of sp³-hybridized carbons (Fsp3) is 0.450. The van der Waals surface area contributed by atoms with Gasteiger partial charge in [0.15, 0.2) is 5.76 Å². The lowest BCUT2D eigenvalue weighted by atomic mass is 10.00. The first-order valence-corrected chi connectivity index (χ1v) is 9.13. The highest BCUT2D eigenvalue weighted by atomic mass is 16.5. The van der Waals surface area contributed by atoms with Crippen molar-refractivity contribution in [2.24, 2.45) is 0 Å². The van der Waals surface area contributed by atoms with Crippen molar-refractivity contribution in [1.82, 2.24) is 10.2 Å². The molecule has 2 N–H and O–H groups in total. The monoisotopic (exact) mass is 356 g/mol. The predicted molar refractivity (Wildman–Crippen MR) is 95.7 cm³/mol. The molecule has 1 aromatic carbocycles. The standard InChI is InChI=1S/C20H24N2O4/c23-18-13-25-10-8-17(18)21-20(24)19-6-5-16(26-19)12-22-9-7-14-3-1-2-4-15(14)11-22/h1-6,17-18,23H,7-13H2,(H,21,24)/t17-,18-/m1/s1. The van der Waals surface area contributed by atoms with Gasteiger partial charge in [-0.1, -0.05) is 24.3 Å². The van der Waals surface area contributed by atoms with Crippen molar-refractivity contribution in [2.45, 2.75) is 38.1 Å². The first kappa shape index (κ1) is 17.3. The summed E-state index contributed by atoms with van der Waals surface area (Å²) in [6.45, 7) is 3.36. The van der Waals surface area contributed by atoms with E-state index < -0.39 is 6.10 Å². The zero-order chi connectivity index (χ0) is 17.9. The van der Waals surface area contributed by atoms with Crippen LogP contribution in [0.3, 0.4) is 0 Å². The van der Waals surface area contributed by atoms with Crippen molar-refractivity contribution in [3.05, 3.63) is 59.0 Å². The molecule has 4 rings (SSSR count). The Morgan fingerprint density at radius 3 is 2.92 bits per heavy atom. The van der Waals surface area contributed by atoms with Gasteiger partial charge in [0, 0.05) is 19.7 Å². The highest BCUT2D eigenvalue weighted by molar-refractivity contribution is 5.91. The predicted octanol–water partition coefficient (Wildman–Crippen LogP) is 1.72. The molecule has 0 saturated carbocycles. The SMILES string of the molecule is O=C(N[C@@H]1CCOC[C@H]1O)c1ccc(CN2CCc3ccccc3C2)o1. The molecule has 1 saturated heterocycles. The van der Waals surface area contributed by atoms with E-state index in [0.717, 1.165) is 25.3 Å². The van der Waals surface area contributed by atoms with Gasteiger partial charge >= 0.3 is 0 Å². The molecule has 1 fully saturated rings. The summed E-state index contributed by atoms with van der Waals surface area (Å²) < 4.78 is 10.9. The second-order valence-corrected chi connectivity index (χ2v) is 7.01. The van der Waals surface area contributed by atoms with Crippen LogP contribution in [0.25, 0.3) is 0 Å². The topological polar surface area (TPSA) is 74.9 Å². The normalized spacial score (nSPS) is 23.4. The molecule has 6 heteroatoms. The summed E-state index contributed by atoms with van der Waals surface area (Å²) in [6.07, 6.45) is 0.968. The number of carbonyl (C=O) groups is 1. The van der Waals surface area contributed by atoms with E-state index in [9.17, 15) is 9.90 Å². The van der Waals surface area contributed by atoms with Gasteiger partial charge in [0.25, 0.3) is 5.91 Å². The number of aliphatic hydroxyl groups excluding tert-OH is 1. The zero-order valence-corrected chi connectivity index (χ0v) is 14.7. The molecule has 1 aromatic heterocycles. The van der Waals surface area contributed by atoms with E-state index in [1.54, 1.807) is 6.07 Å². The van der Waals surface area contributed by atoms with E-state index in [-0.39, 0.29) is 24.3 Å². The maximum atomic E-state index is 12.4. The molecule has 0 spiro atoms. The molecule has 2 aliphatic rings. The van der Waals surface area contributed by atoms with Gasteiger partial charge in [0.2, 0.25) is 0 Å². The van der Waals surface area contributed by atoms with Crippen LogP contribution in [0.15, 0.2) is 40.8 Å². The number of ether oxygens (including phenoxy) is 1. The minimum Gasteiger partial charge on any atom is -0.455 e. The molecule has 2 aromatic rings. The Hall–Kier alpha value is -2.15. The molecular weight excluding hydrogens is 332 g/mol. The molecule has 0 bridgehead atoms. The third kappa shape index (κ3) is 3.82. The molecule has 0 aliphatic carbocycles. The fourth-order valence-electron chi connectivity index (χ4n) is 3.63. The van der Waals surface area contributed by atoms with Crippen LogP contribution in [0, 0.1) is 0 Å². The molecule has 2 atom stereocenters. The lowest BCUT2D eigenvalue weighted by molar-refractivity contribution is -0.0262. The van der Waals surface area contributed by atoms with Gasteiger partial charge in [-0.2, -0.15) is 0 Å². The second-order valence-electron chi connectivity index (χ2n) is 7.01. The largest absolute Gasteiger partial charge is 0.455 e. The lowest BCUT2D eigenvalue weighted by Gasteiger charge is -2.28. The number of hydrogen-bond donors (Lipinski definition) is 2. The number of carbonyl (C=O) groups excluding carboxylic acids is 1. The van der Waals surface area contributed by atoms with Crippen LogP contribution in [-0.4, -0.2) is 47.8 Å². The lowest BCUT2D eigenvalue weighted by Crippen LogP contribution is -2.48. The van der Waals surface area contributed by atoms with Crippen LogP contribution < -0.4 is 5.32 Å². The second kappa shape index (κ2) is 7.61. The number of amides is 1. The van der Waals surface area contributed by atoms with E-state index >= 15 is 0 Å². The highest BCUT2D eigenvalue weighted by Crippen LogP contribution is 2.21. The van der Waals surface area contributed by atoms with Crippen LogP contribution in [0.5, 0.6) is 0 Å². The molecule has 6 nitrogen and oxygen atoms in total. The first-order chi connectivity index (χ1) is 12.7. The number of nitrogens with one attached hydrogen (secondary N) is 1. The van der Waals surface area contributed by atoms with E-state index in [0.29, 0.717) is 19.6 Å². The third-order valence-electron chi connectivity index (χ3n) is 5.12. The third-order valence-corrected chi connectivity index (χ3v) is 5.12.